The number of ether oxygens (including phenoxy) is 1. The molecule has 4 rings (SSSR count). The summed E-state index contributed by atoms with van der Waals surface area (Å²) in [6.45, 7) is 0.301. The van der Waals surface area contributed by atoms with Gasteiger partial charge in [0.15, 0.2) is 5.78 Å². The second-order valence-corrected chi connectivity index (χ2v) is 7.24. The highest BCUT2D eigenvalue weighted by Gasteiger charge is 2.12. The maximum absolute atomic E-state index is 12.6. The molecule has 150 valence electrons. The van der Waals surface area contributed by atoms with E-state index in [-0.39, 0.29) is 11.7 Å². The Morgan fingerprint density at radius 2 is 1.93 bits per heavy atom. The normalized spacial score (nSPS) is 10.8. The van der Waals surface area contributed by atoms with E-state index in [1.807, 2.05) is 36.4 Å². The lowest BCUT2D eigenvalue weighted by Gasteiger charge is -2.08. The second-order valence-electron chi connectivity index (χ2n) is 6.84. The minimum Gasteiger partial charge on any atom is -0.472 e. The van der Waals surface area contributed by atoms with Crippen LogP contribution in [0.4, 0.5) is 5.82 Å². The van der Waals surface area contributed by atoms with E-state index in [0.29, 0.717) is 35.9 Å². The van der Waals surface area contributed by atoms with Crippen molar-refractivity contribution >= 4 is 34.0 Å². The fourth-order valence-corrected chi connectivity index (χ4v) is 3.35. The number of hydrogen-bond donors (Lipinski definition) is 1. The number of pyridine rings is 3. The molecule has 0 bridgehead atoms. The van der Waals surface area contributed by atoms with Crippen molar-refractivity contribution in [2.24, 2.45) is 0 Å². The summed E-state index contributed by atoms with van der Waals surface area (Å²) in [6.07, 6.45) is 7.54. The monoisotopic (exact) mass is 418 g/mol. The molecule has 0 saturated heterocycles. The molecule has 0 spiro atoms. The van der Waals surface area contributed by atoms with Gasteiger partial charge in [0.05, 0.1) is 0 Å². The zero-order chi connectivity index (χ0) is 20.9. The van der Waals surface area contributed by atoms with Gasteiger partial charge in [0.2, 0.25) is 5.88 Å². The quantitative estimate of drug-likeness (QED) is 0.439. The highest BCUT2D eigenvalue weighted by molar-refractivity contribution is 6.32. The number of rotatable bonds is 7. The summed E-state index contributed by atoms with van der Waals surface area (Å²) < 4.78 is 5.63. The number of carbonyl (C=O) groups is 1. The zero-order valence-electron chi connectivity index (χ0n) is 16.1. The summed E-state index contributed by atoms with van der Waals surface area (Å²) in [6, 6.07) is 13.2. The molecule has 0 aliphatic heterocycles. The zero-order valence-corrected chi connectivity index (χ0v) is 16.8. The molecule has 0 radical (unpaired) electrons. The Hall–Kier alpha value is -3.51. The summed E-state index contributed by atoms with van der Waals surface area (Å²) >= 11 is 6.26. The molecule has 7 heteroatoms. The first-order valence-corrected chi connectivity index (χ1v) is 9.81. The number of nitrogen functional groups attached to an aromatic ring is 1. The fraction of sp³-hybridized carbons (Fsp3) is 0.130. The van der Waals surface area contributed by atoms with Gasteiger partial charge < -0.3 is 10.5 Å². The SMILES string of the molecule is Nc1nccc2cc(CCC(=O)c3cnc(OCc4cccnc4)c(Cl)c3)ccc12. The van der Waals surface area contributed by atoms with Gasteiger partial charge in [-0.25, -0.2) is 9.97 Å². The van der Waals surface area contributed by atoms with Crippen LogP contribution in [-0.2, 0) is 13.0 Å². The number of ketones is 1. The standard InChI is InChI=1S/C23H19ClN4O2/c24-20-11-18(13-28-23(20)30-14-16-2-1-8-26-12-16)21(29)6-4-15-3-5-19-17(10-15)7-9-27-22(19)25/h1-3,5,7-13H,4,6,14H2,(H2,25,27). The Labute approximate surface area is 178 Å². The number of aryl methyl sites for hydroxylation is 1. The molecule has 0 saturated carbocycles. The molecule has 0 fully saturated rings. The highest BCUT2D eigenvalue weighted by Crippen LogP contribution is 2.25. The predicted molar refractivity (Wildman–Crippen MR) is 117 cm³/mol. The Morgan fingerprint density at radius 3 is 2.73 bits per heavy atom. The van der Waals surface area contributed by atoms with Crippen LogP contribution in [0, 0.1) is 0 Å². The van der Waals surface area contributed by atoms with E-state index in [4.69, 9.17) is 22.1 Å². The number of nitrogens with zero attached hydrogens (tertiary/aromatic N) is 3. The first-order valence-electron chi connectivity index (χ1n) is 9.44. The van der Waals surface area contributed by atoms with Gasteiger partial charge >= 0.3 is 0 Å². The van der Waals surface area contributed by atoms with E-state index in [1.165, 1.54) is 6.20 Å². The van der Waals surface area contributed by atoms with Gasteiger partial charge in [0, 0.05) is 47.7 Å². The van der Waals surface area contributed by atoms with E-state index in [2.05, 4.69) is 15.0 Å². The summed E-state index contributed by atoms with van der Waals surface area (Å²) in [5.74, 6) is 0.761. The fourth-order valence-electron chi connectivity index (χ4n) is 3.13. The second kappa shape index (κ2) is 8.88. The van der Waals surface area contributed by atoms with Gasteiger partial charge in [-0.05, 0) is 35.6 Å². The maximum Gasteiger partial charge on any atom is 0.232 e. The number of fused-ring (bicyclic) bond motifs is 1. The van der Waals surface area contributed by atoms with Crippen LogP contribution >= 0.6 is 11.6 Å². The first-order chi connectivity index (χ1) is 14.6. The van der Waals surface area contributed by atoms with Crippen LogP contribution in [0.25, 0.3) is 10.8 Å². The van der Waals surface area contributed by atoms with Crippen molar-refractivity contribution in [2.75, 3.05) is 5.73 Å². The predicted octanol–water partition coefficient (Wildman–Crippen LogP) is 4.65. The molecule has 3 heterocycles. The minimum absolute atomic E-state index is 0.0300. The van der Waals surface area contributed by atoms with Crippen molar-refractivity contribution < 1.29 is 9.53 Å². The summed E-state index contributed by atoms with van der Waals surface area (Å²) in [5, 5.41) is 2.22. The number of hydrogen-bond acceptors (Lipinski definition) is 6. The van der Waals surface area contributed by atoms with Crippen molar-refractivity contribution in [1.82, 2.24) is 15.0 Å². The third-order valence-electron chi connectivity index (χ3n) is 4.73. The molecule has 0 aliphatic rings. The molecule has 1 aromatic carbocycles. The van der Waals surface area contributed by atoms with Crippen molar-refractivity contribution in [1.29, 1.82) is 0 Å². The summed E-state index contributed by atoms with van der Waals surface area (Å²) in [5.41, 5.74) is 8.31. The van der Waals surface area contributed by atoms with E-state index < -0.39 is 0 Å². The Morgan fingerprint density at radius 1 is 1.03 bits per heavy atom. The average Bonchev–Trinajstić information content (AvgIpc) is 2.77. The average molecular weight is 419 g/mol. The molecule has 0 aliphatic carbocycles. The largest absolute Gasteiger partial charge is 0.472 e. The number of anilines is 1. The van der Waals surface area contributed by atoms with Crippen LogP contribution < -0.4 is 10.5 Å². The first kappa shape index (κ1) is 19.8. The van der Waals surface area contributed by atoms with Crippen LogP contribution in [0.3, 0.4) is 0 Å². The number of benzene rings is 1. The van der Waals surface area contributed by atoms with Crippen molar-refractivity contribution in [2.45, 2.75) is 19.4 Å². The highest BCUT2D eigenvalue weighted by atomic mass is 35.5. The van der Waals surface area contributed by atoms with E-state index >= 15 is 0 Å². The molecule has 0 atom stereocenters. The third-order valence-corrected chi connectivity index (χ3v) is 5.00. The Bertz CT molecular complexity index is 1200. The lowest BCUT2D eigenvalue weighted by Crippen LogP contribution is -2.04. The van der Waals surface area contributed by atoms with Crippen molar-refractivity contribution in [3.8, 4) is 5.88 Å². The number of aromatic nitrogens is 3. The molecule has 6 nitrogen and oxygen atoms in total. The molecular weight excluding hydrogens is 400 g/mol. The maximum atomic E-state index is 12.6. The van der Waals surface area contributed by atoms with Crippen LogP contribution in [0.1, 0.15) is 27.9 Å². The van der Waals surface area contributed by atoms with E-state index in [9.17, 15) is 4.79 Å². The Balaban J connectivity index is 1.39. The van der Waals surface area contributed by atoms with Crippen LogP contribution in [-0.4, -0.2) is 20.7 Å². The van der Waals surface area contributed by atoms with E-state index in [1.54, 1.807) is 24.7 Å². The van der Waals surface area contributed by atoms with Gasteiger partial charge in [-0.2, -0.15) is 0 Å². The van der Waals surface area contributed by atoms with Gasteiger partial charge in [-0.3, -0.25) is 9.78 Å². The van der Waals surface area contributed by atoms with Crippen LogP contribution in [0.15, 0.2) is 67.3 Å². The number of halogens is 1. The van der Waals surface area contributed by atoms with Crippen molar-refractivity contribution in [3.05, 3.63) is 89.0 Å². The smallest absolute Gasteiger partial charge is 0.232 e. The number of nitrogens with two attached hydrogens (primary N) is 1. The minimum atomic E-state index is -0.0300. The van der Waals surface area contributed by atoms with E-state index in [0.717, 1.165) is 21.9 Å². The molecule has 3 aromatic heterocycles. The topological polar surface area (TPSA) is 91.0 Å². The van der Waals surface area contributed by atoms with Crippen LogP contribution in [0.2, 0.25) is 5.02 Å². The molecular formula is C23H19ClN4O2. The number of carbonyl (C=O) groups excluding carboxylic acids is 1. The summed E-state index contributed by atoms with van der Waals surface area (Å²) in [4.78, 5) is 24.9. The lowest BCUT2D eigenvalue weighted by molar-refractivity contribution is 0.0982. The summed E-state index contributed by atoms with van der Waals surface area (Å²) in [7, 11) is 0. The van der Waals surface area contributed by atoms with Crippen LogP contribution in [0.5, 0.6) is 5.88 Å². The van der Waals surface area contributed by atoms with Gasteiger partial charge in [0.25, 0.3) is 0 Å². The lowest BCUT2D eigenvalue weighted by atomic mass is 10.0. The number of Topliss-reactive ketones (excluding diaryl/α,β-unsaturated/α-hetero) is 1. The van der Waals surface area contributed by atoms with Gasteiger partial charge in [0.1, 0.15) is 17.4 Å². The third kappa shape index (κ3) is 4.55. The molecule has 4 aromatic rings. The van der Waals surface area contributed by atoms with Crippen molar-refractivity contribution in [3.63, 3.8) is 0 Å². The Kier molecular flexibility index (Phi) is 5.86. The molecule has 0 amide bonds. The molecule has 2 N–H and O–H groups in total. The molecule has 0 unspecified atom stereocenters. The molecule has 30 heavy (non-hydrogen) atoms. The van der Waals surface area contributed by atoms with Gasteiger partial charge in [-0.1, -0.05) is 35.9 Å². The van der Waals surface area contributed by atoms with Gasteiger partial charge in [-0.15, -0.1) is 0 Å².